The lowest BCUT2D eigenvalue weighted by Crippen LogP contribution is -2.48. The number of thioether (sulfide) groups is 1. The Morgan fingerprint density at radius 3 is 2.67 bits per heavy atom. The molecule has 3 N–H and O–H groups in total. The molecule has 0 fully saturated rings. The maximum atomic E-state index is 11.9. The summed E-state index contributed by atoms with van der Waals surface area (Å²) in [5, 5.41) is 16.8. The number of carbonyl (C=O) groups is 2. The fraction of sp³-hybridized carbons (Fsp3) is 0.412. The summed E-state index contributed by atoms with van der Waals surface area (Å²) in [6, 6.07) is 7.04. The normalized spacial score (nSPS) is 11.0. The number of nitrogens with zero attached hydrogens (tertiary/aromatic N) is 2. The quantitative estimate of drug-likeness (QED) is 0.602. The second kappa shape index (κ2) is 9.56. The van der Waals surface area contributed by atoms with E-state index < -0.39 is 17.5 Å². The van der Waals surface area contributed by atoms with Crippen molar-refractivity contribution in [3.8, 4) is 5.75 Å². The van der Waals surface area contributed by atoms with Crippen LogP contribution < -0.4 is 20.7 Å². The van der Waals surface area contributed by atoms with Crippen LogP contribution in [0.4, 0.5) is 15.6 Å². The molecule has 2 rings (SSSR count). The van der Waals surface area contributed by atoms with E-state index in [4.69, 9.17) is 4.74 Å². The van der Waals surface area contributed by atoms with Gasteiger partial charge in [0.15, 0.2) is 4.34 Å². The van der Waals surface area contributed by atoms with Gasteiger partial charge in [-0.1, -0.05) is 35.2 Å². The van der Waals surface area contributed by atoms with Gasteiger partial charge in [-0.3, -0.25) is 10.1 Å². The summed E-state index contributed by atoms with van der Waals surface area (Å²) in [5.41, 5.74) is 0.387. The van der Waals surface area contributed by atoms with Crippen molar-refractivity contribution in [1.82, 2.24) is 20.8 Å². The summed E-state index contributed by atoms with van der Waals surface area (Å²) in [4.78, 5) is 23.5. The van der Waals surface area contributed by atoms with Crippen molar-refractivity contribution in [3.63, 3.8) is 0 Å². The van der Waals surface area contributed by atoms with E-state index in [0.29, 0.717) is 16.1 Å². The number of benzene rings is 1. The Kier molecular flexibility index (Phi) is 7.43. The van der Waals surface area contributed by atoms with Crippen molar-refractivity contribution in [2.75, 3.05) is 17.7 Å². The zero-order valence-corrected chi connectivity index (χ0v) is 17.3. The number of hydrogen-bond acceptors (Lipinski definition) is 8. The van der Waals surface area contributed by atoms with Crippen LogP contribution in [0.25, 0.3) is 0 Å². The smallest absolute Gasteiger partial charge is 0.321 e. The first-order valence-electron chi connectivity index (χ1n) is 8.34. The van der Waals surface area contributed by atoms with Gasteiger partial charge in [0.1, 0.15) is 5.75 Å². The van der Waals surface area contributed by atoms with Crippen LogP contribution >= 0.6 is 23.1 Å². The average Bonchev–Trinajstić information content (AvgIpc) is 3.01. The largest absolute Gasteiger partial charge is 0.492 e. The molecule has 1 aromatic heterocycles. The predicted octanol–water partition coefficient (Wildman–Crippen LogP) is 3.40. The topological polar surface area (TPSA) is 105 Å². The van der Waals surface area contributed by atoms with Crippen LogP contribution in [0.15, 0.2) is 28.6 Å². The van der Waals surface area contributed by atoms with E-state index in [1.54, 1.807) is 0 Å². The molecule has 0 bridgehead atoms. The highest BCUT2D eigenvalue weighted by atomic mass is 32.2. The fourth-order valence-electron chi connectivity index (χ4n) is 1.95. The van der Waals surface area contributed by atoms with Crippen molar-refractivity contribution >= 4 is 45.9 Å². The molecule has 0 atom stereocenters. The Labute approximate surface area is 166 Å². The van der Waals surface area contributed by atoms with Gasteiger partial charge in [0, 0.05) is 5.54 Å². The van der Waals surface area contributed by atoms with Crippen molar-refractivity contribution in [2.45, 2.75) is 37.6 Å². The number of ether oxygens (including phenoxy) is 1. The van der Waals surface area contributed by atoms with Crippen LogP contribution in [0.5, 0.6) is 5.75 Å². The van der Waals surface area contributed by atoms with Crippen molar-refractivity contribution in [2.24, 2.45) is 0 Å². The number of carbonyl (C=O) groups excluding carboxylic acids is 2. The van der Waals surface area contributed by atoms with Gasteiger partial charge in [0.2, 0.25) is 11.0 Å². The first kappa shape index (κ1) is 21.0. The number of urea groups is 1. The Morgan fingerprint density at radius 2 is 1.96 bits per heavy atom. The molecule has 10 heteroatoms. The van der Waals surface area contributed by atoms with Crippen LogP contribution in [0.2, 0.25) is 0 Å². The van der Waals surface area contributed by atoms with E-state index in [0.717, 1.165) is 11.4 Å². The van der Waals surface area contributed by atoms with Crippen LogP contribution in [-0.2, 0) is 4.79 Å². The third kappa shape index (κ3) is 7.43. The lowest BCUT2D eigenvalue weighted by atomic mass is 10.1. The van der Waals surface area contributed by atoms with Crippen molar-refractivity contribution in [1.29, 1.82) is 0 Å². The van der Waals surface area contributed by atoms with Gasteiger partial charge in [-0.15, -0.1) is 10.2 Å². The minimum Gasteiger partial charge on any atom is -0.492 e. The molecule has 1 aromatic carbocycles. The standard InChI is InChI=1S/C17H23N5O3S2/c1-5-25-12-9-7-6-8-11(12)18-15-21-22-16(27-15)26-10-13(23)19-14(24)20-17(2,3)4/h6-9H,5,10H2,1-4H3,(H,18,21)(H2,19,20,23,24). The molecule has 0 saturated carbocycles. The maximum absolute atomic E-state index is 11.9. The van der Waals surface area contributed by atoms with E-state index in [1.165, 1.54) is 23.1 Å². The summed E-state index contributed by atoms with van der Waals surface area (Å²) in [6.45, 7) is 8.00. The van der Waals surface area contributed by atoms with Gasteiger partial charge < -0.3 is 15.4 Å². The van der Waals surface area contributed by atoms with E-state index in [1.807, 2.05) is 52.0 Å². The lowest BCUT2D eigenvalue weighted by Gasteiger charge is -2.20. The fourth-order valence-corrected chi connectivity index (χ4v) is 3.51. The zero-order valence-electron chi connectivity index (χ0n) is 15.7. The molecular formula is C17H23N5O3S2. The predicted molar refractivity (Wildman–Crippen MR) is 108 cm³/mol. The first-order valence-corrected chi connectivity index (χ1v) is 10.1. The Hall–Kier alpha value is -2.33. The van der Waals surface area contributed by atoms with Crippen LogP contribution in [-0.4, -0.2) is 40.0 Å². The number of hydrogen-bond donors (Lipinski definition) is 3. The van der Waals surface area contributed by atoms with Crippen molar-refractivity contribution in [3.05, 3.63) is 24.3 Å². The number of aromatic nitrogens is 2. The minimum atomic E-state index is -0.514. The average molecular weight is 410 g/mol. The highest BCUT2D eigenvalue weighted by Gasteiger charge is 2.16. The highest BCUT2D eigenvalue weighted by molar-refractivity contribution is 8.01. The van der Waals surface area contributed by atoms with Crippen LogP contribution in [0.1, 0.15) is 27.7 Å². The molecule has 0 saturated heterocycles. The molecule has 0 aliphatic carbocycles. The van der Waals surface area contributed by atoms with Gasteiger partial charge in [0.25, 0.3) is 0 Å². The first-order chi connectivity index (χ1) is 12.8. The lowest BCUT2D eigenvalue weighted by molar-refractivity contribution is -0.117. The number of amides is 3. The molecular weight excluding hydrogens is 386 g/mol. The van der Waals surface area contributed by atoms with E-state index in [2.05, 4.69) is 26.1 Å². The highest BCUT2D eigenvalue weighted by Crippen LogP contribution is 2.31. The number of imide groups is 1. The molecule has 3 amide bonds. The van der Waals surface area contributed by atoms with Crippen LogP contribution in [0.3, 0.4) is 0 Å². The number of rotatable bonds is 7. The SMILES string of the molecule is CCOc1ccccc1Nc1nnc(SCC(=O)NC(=O)NC(C)(C)C)s1. The van der Waals surface area contributed by atoms with Gasteiger partial charge in [0.05, 0.1) is 18.0 Å². The molecule has 0 unspecified atom stereocenters. The zero-order chi connectivity index (χ0) is 19.9. The molecule has 1 heterocycles. The summed E-state index contributed by atoms with van der Waals surface area (Å²) >= 11 is 2.53. The molecule has 146 valence electrons. The van der Waals surface area contributed by atoms with Gasteiger partial charge in [-0.2, -0.15) is 0 Å². The molecule has 0 aliphatic rings. The number of para-hydroxylation sites is 2. The second-order valence-corrected chi connectivity index (χ2v) is 8.67. The summed E-state index contributed by atoms with van der Waals surface area (Å²) in [6.07, 6.45) is 0. The molecule has 0 radical (unpaired) electrons. The van der Waals surface area contributed by atoms with Crippen LogP contribution in [0, 0.1) is 0 Å². The van der Waals surface area contributed by atoms with E-state index >= 15 is 0 Å². The Balaban J connectivity index is 1.86. The van der Waals surface area contributed by atoms with Gasteiger partial charge in [-0.25, -0.2) is 4.79 Å². The molecule has 8 nitrogen and oxygen atoms in total. The molecule has 27 heavy (non-hydrogen) atoms. The van der Waals surface area contributed by atoms with Crippen molar-refractivity contribution < 1.29 is 14.3 Å². The number of nitrogens with one attached hydrogen (secondary N) is 3. The van der Waals surface area contributed by atoms with Gasteiger partial charge >= 0.3 is 6.03 Å². The summed E-state index contributed by atoms with van der Waals surface area (Å²) in [7, 11) is 0. The number of anilines is 2. The molecule has 0 aliphatic heterocycles. The minimum absolute atomic E-state index is 0.0712. The van der Waals surface area contributed by atoms with E-state index in [-0.39, 0.29) is 5.75 Å². The Bertz CT molecular complexity index is 789. The van der Waals surface area contributed by atoms with Gasteiger partial charge in [-0.05, 0) is 39.8 Å². The summed E-state index contributed by atoms with van der Waals surface area (Å²) < 4.78 is 6.19. The van der Waals surface area contributed by atoms with E-state index in [9.17, 15) is 9.59 Å². The second-order valence-electron chi connectivity index (χ2n) is 6.47. The third-order valence-electron chi connectivity index (χ3n) is 2.90. The molecule has 2 aromatic rings. The Morgan fingerprint density at radius 1 is 1.22 bits per heavy atom. The maximum Gasteiger partial charge on any atom is 0.321 e. The molecule has 0 spiro atoms. The third-order valence-corrected chi connectivity index (χ3v) is 4.88. The monoisotopic (exact) mass is 409 g/mol. The summed E-state index contributed by atoms with van der Waals surface area (Å²) in [5.74, 6) is 0.406.